The summed E-state index contributed by atoms with van der Waals surface area (Å²) in [7, 11) is 1.31. The highest BCUT2D eigenvalue weighted by Crippen LogP contribution is 2.18. The Balaban J connectivity index is 1.49. The van der Waals surface area contributed by atoms with E-state index in [4.69, 9.17) is 0 Å². The molecule has 0 fully saturated rings. The molecule has 4 aromatic rings. The second-order valence-corrected chi connectivity index (χ2v) is 6.37. The minimum atomic E-state index is -0.501. The number of hydrogen-bond acceptors (Lipinski definition) is 10. The van der Waals surface area contributed by atoms with Gasteiger partial charge >= 0.3 is 5.97 Å². The van der Waals surface area contributed by atoms with Crippen molar-refractivity contribution in [2.45, 2.75) is 6.92 Å². The van der Waals surface area contributed by atoms with Gasteiger partial charge in [0.2, 0.25) is 5.95 Å². The molecule has 0 saturated carbocycles. The first kappa shape index (κ1) is 19.8. The lowest BCUT2D eigenvalue weighted by Crippen LogP contribution is -2.05. The van der Waals surface area contributed by atoms with Crippen LogP contribution < -0.4 is 10.6 Å². The molecule has 0 atom stereocenters. The van der Waals surface area contributed by atoms with Crippen molar-refractivity contribution in [2.75, 3.05) is 17.7 Å². The van der Waals surface area contributed by atoms with Gasteiger partial charge in [-0.3, -0.25) is 0 Å². The number of pyridine rings is 2. The van der Waals surface area contributed by atoms with Crippen LogP contribution in [-0.2, 0) is 4.74 Å². The molecule has 0 aliphatic heterocycles. The van der Waals surface area contributed by atoms with Gasteiger partial charge in [-0.25, -0.2) is 29.7 Å². The molecular weight excluding hydrogens is 396 g/mol. The van der Waals surface area contributed by atoms with Gasteiger partial charge in [-0.2, -0.15) is 4.98 Å². The first-order chi connectivity index (χ1) is 15.1. The molecule has 4 aromatic heterocycles. The maximum absolute atomic E-state index is 11.5. The number of rotatable bonds is 6. The van der Waals surface area contributed by atoms with E-state index in [1.54, 1.807) is 36.7 Å². The third-order valence-electron chi connectivity index (χ3n) is 4.10. The van der Waals surface area contributed by atoms with Crippen LogP contribution in [0.5, 0.6) is 0 Å². The van der Waals surface area contributed by atoms with Crippen molar-refractivity contribution in [2.24, 2.45) is 0 Å². The number of esters is 1. The van der Waals surface area contributed by atoms with Gasteiger partial charge in [0.25, 0.3) is 0 Å². The Morgan fingerprint density at radius 1 is 0.871 bits per heavy atom. The molecule has 4 rings (SSSR count). The molecule has 0 saturated heterocycles. The van der Waals surface area contributed by atoms with Gasteiger partial charge in [0.15, 0.2) is 5.82 Å². The lowest BCUT2D eigenvalue weighted by Gasteiger charge is -2.09. The van der Waals surface area contributed by atoms with Gasteiger partial charge in [-0.15, -0.1) is 0 Å². The number of aromatic nitrogens is 6. The van der Waals surface area contributed by atoms with E-state index in [1.807, 2.05) is 25.1 Å². The van der Waals surface area contributed by atoms with Crippen molar-refractivity contribution >= 4 is 29.2 Å². The highest BCUT2D eigenvalue weighted by molar-refractivity contribution is 5.87. The summed E-state index contributed by atoms with van der Waals surface area (Å²) in [4.78, 5) is 37.4. The zero-order valence-corrected chi connectivity index (χ0v) is 16.8. The summed E-state index contributed by atoms with van der Waals surface area (Å²) in [5, 5.41) is 6.18. The van der Waals surface area contributed by atoms with Gasteiger partial charge in [0.1, 0.15) is 23.0 Å². The van der Waals surface area contributed by atoms with Crippen LogP contribution in [0.2, 0.25) is 0 Å². The van der Waals surface area contributed by atoms with Gasteiger partial charge in [0.05, 0.1) is 19.0 Å². The van der Waals surface area contributed by atoms with Gasteiger partial charge < -0.3 is 15.4 Å². The highest BCUT2D eigenvalue weighted by atomic mass is 16.5. The van der Waals surface area contributed by atoms with Crippen molar-refractivity contribution in [3.63, 3.8) is 0 Å². The van der Waals surface area contributed by atoms with E-state index < -0.39 is 5.97 Å². The Kier molecular flexibility index (Phi) is 5.70. The summed E-state index contributed by atoms with van der Waals surface area (Å²) >= 11 is 0. The molecule has 0 aliphatic rings. The first-order valence-corrected chi connectivity index (χ1v) is 9.29. The van der Waals surface area contributed by atoms with Gasteiger partial charge in [-0.05, 0) is 43.3 Å². The summed E-state index contributed by atoms with van der Waals surface area (Å²) in [6.45, 7) is 1.92. The Labute approximate surface area is 177 Å². The summed E-state index contributed by atoms with van der Waals surface area (Å²) in [5.41, 5.74) is 2.42. The van der Waals surface area contributed by atoms with E-state index in [2.05, 4.69) is 45.3 Å². The number of hydrogen-bond donors (Lipinski definition) is 2. The molecule has 4 heterocycles. The van der Waals surface area contributed by atoms with Gasteiger partial charge in [0, 0.05) is 18.1 Å². The predicted molar refractivity (Wildman–Crippen MR) is 114 cm³/mol. The van der Waals surface area contributed by atoms with E-state index in [9.17, 15) is 4.79 Å². The molecule has 0 spiro atoms. The third kappa shape index (κ3) is 4.93. The van der Waals surface area contributed by atoms with Crippen molar-refractivity contribution in [3.8, 4) is 11.5 Å². The Morgan fingerprint density at radius 2 is 1.68 bits per heavy atom. The topological polar surface area (TPSA) is 128 Å². The summed E-state index contributed by atoms with van der Waals surface area (Å²) in [5.74, 6) is 1.48. The number of aryl methyl sites for hydroxylation is 1. The van der Waals surface area contributed by atoms with Crippen molar-refractivity contribution < 1.29 is 9.53 Å². The number of carbonyl (C=O) groups excluding carboxylic acids is 1. The Bertz CT molecular complexity index is 1210. The number of nitrogens with zero attached hydrogens (tertiary/aromatic N) is 6. The van der Waals surface area contributed by atoms with E-state index >= 15 is 0 Å². The molecule has 0 radical (unpaired) electrons. The molecule has 0 unspecified atom stereocenters. The van der Waals surface area contributed by atoms with E-state index in [0.717, 1.165) is 5.69 Å². The Hall–Kier alpha value is -4.47. The van der Waals surface area contributed by atoms with E-state index in [-0.39, 0.29) is 5.69 Å². The molecule has 10 nitrogen and oxygen atoms in total. The molecule has 154 valence electrons. The fourth-order valence-electron chi connectivity index (χ4n) is 2.66. The van der Waals surface area contributed by atoms with Crippen LogP contribution >= 0.6 is 0 Å². The maximum Gasteiger partial charge on any atom is 0.356 e. The lowest BCUT2D eigenvalue weighted by molar-refractivity contribution is 0.0594. The van der Waals surface area contributed by atoms with Crippen LogP contribution in [0.15, 0.2) is 61.1 Å². The maximum atomic E-state index is 11.5. The van der Waals surface area contributed by atoms with Crippen LogP contribution in [0.1, 0.15) is 16.2 Å². The number of anilines is 4. The number of nitrogens with one attached hydrogen (secondary N) is 2. The van der Waals surface area contributed by atoms with Crippen molar-refractivity contribution in [3.05, 3.63) is 72.4 Å². The van der Waals surface area contributed by atoms with Crippen molar-refractivity contribution in [1.29, 1.82) is 0 Å². The van der Waals surface area contributed by atoms with Gasteiger partial charge in [-0.1, -0.05) is 6.07 Å². The zero-order valence-electron chi connectivity index (χ0n) is 16.8. The number of methoxy groups -OCH3 is 1. The fourth-order valence-corrected chi connectivity index (χ4v) is 2.66. The van der Waals surface area contributed by atoms with Crippen molar-refractivity contribution in [1.82, 2.24) is 29.9 Å². The molecule has 0 aromatic carbocycles. The summed E-state index contributed by atoms with van der Waals surface area (Å²) in [6.07, 6.45) is 4.77. The fraction of sp³-hybridized carbons (Fsp3) is 0.0952. The predicted octanol–water partition coefficient (Wildman–Crippen LogP) is 3.31. The Morgan fingerprint density at radius 3 is 2.42 bits per heavy atom. The summed E-state index contributed by atoms with van der Waals surface area (Å²) < 4.78 is 4.64. The zero-order chi connectivity index (χ0) is 21.6. The second kappa shape index (κ2) is 8.91. The average molecular weight is 414 g/mol. The van der Waals surface area contributed by atoms with Crippen LogP contribution in [0.25, 0.3) is 11.5 Å². The molecule has 0 amide bonds. The number of carbonyl (C=O) groups is 1. The third-order valence-corrected chi connectivity index (χ3v) is 4.10. The standard InChI is InChI=1S/C21H18N8O2/c1-13-4-3-5-15(25-13)19-22-10-8-17(28-19)27-18-9-11-23-21(29-18)26-14-6-7-16(24-12-14)20(30)31-2/h3-12H,1-2H3,(H2,22,23,26,27,28,29). The molecule has 0 bridgehead atoms. The molecule has 2 N–H and O–H groups in total. The van der Waals surface area contributed by atoms with Crippen LogP contribution in [0, 0.1) is 6.92 Å². The molecule has 31 heavy (non-hydrogen) atoms. The molecular formula is C21H18N8O2. The van der Waals surface area contributed by atoms with Crippen LogP contribution in [0.3, 0.4) is 0 Å². The largest absolute Gasteiger partial charge is 0.464 e. The number of ether oxygens (including phenoxy) is 1. The highest BCUT2D eigenvalue weighted by Gasteiger charge is 2.08. The van der Waals surface area contributed by atoms with E-state index in [0.29, 0.717) is 34.8 Å². The molecule has 10 heteroatoms. The minimum Gasteiger partial charge on any atom is -0.464 e. The molecule has 0 aliphatic carbocycles. The smallest absolute Gasteiger partial charge is 0.356 e. The second-order valence-electron chi connectivity index (χ2n) is 6.37. The monoisotopic (exact) mass is 414 g/mol. The lowest BCUT2D eigenvalue weighted by atomic mass is 10.3. The van der Waals surface area contributed by atoms with Crippen LogP contribution in [-0.4, -0.2) is 43.0 Å². The quantitative estimate of drug-likeness (QED) is 0.453. The van der Waals surface area contributed by atoms with Crippen LogP contribution in [0.4, 0.5) is 23.3 Å². The van der Waals surface area contributed by atoms with E-state index in [1.165, 1.54) is 13.3 Å². The summed E-state index contributed by atoms with van der Waals surface area (Å²) in [6, 6.07) is 12.4. The normalized spacial score (nSPS) is 10.4. The SMILES string of the molecule is COC(=O)c1ccc(Nc2nccc(Nc3ccnc(-c4cccc(C)n4)n3)n2)cn1. The first-order valence-electron chi connectivity index (χ1n) is 9.29. The average Bonchev–Trinajstić information content (AvgIpc) is 2.79. The minimum absolute atomic E-state index is 0.215.